The molecule has 0 saturated carbocycles. The number of amides is 1. The van der Waals surface area contributed by atoms with E-state index in [9.17, 15) is 31.1 Å². The van der Waals surface area contributed by atoms with E-state index >= 15 is 0 Å². The number of nitrogens with zero attached hydrogens (tertiary/aromatic N) is 5. The number of carboxylic acids is 2. The normalized spacial score (nSPS) is 16.9. The second kappa shape index (κ2) is 13.6. The van der Waals surface area contributed by atoms with Crippen molar-refractivity contribution in [3.05, 3.63) is 48.3 Å². The summed E-state index contributed by atoms with van der Waals surface area (Å²) in [7, 11) is 2.06. The maximum Gasteiger partial charge on any atom is 0.490 e. The van der Waals surface area contributed by atoms with Gasteiger partial charge in [0.2, 0.25) is 5.91 Å². The van der Waals surface area contributed by atoms with Gasteiger partial charge in [0.1, 0.15) is 5.82 Å². The number of pyridine rings is 1. The van der Waals surface area contributed by atoms with Crippen LogP contribution >= 0.6 is 0 Å². The van der Waals surface area contributed by atoms with Crippen molar-refractivity contribution in [2.24, 2.45) is 12.5 Å². The second-order valence-corrected chi connectivity index (χ2v) is 9.44. The van der Waals surface area contributed by atoms with Gasteiger partial charge in [0, 0.05) is 51.5 Å². The molecule has 2 saturated heterocycles. The number of carbonyl (C=O) groups excluding carboxylic acids is 1. The molecule has 4 rings (SSSR count). The van der Waals surface area contributed by atoms with Crippen molar-refractivity contribution in [1.82, 2.24) is 24.3 Å². The Labute approximate surface area is 225 Å². The molecule has 1 spiro atoms. The highest BCUT2D eigenvalue weighted by Crippen LogP contribution is 2.40. The molecule has 0 radical (unpaired) electrons. The zero-order valence-corrected chi connectivity index (χ0v) is 21.5. The third-order valence-corrected chi connectivity index (χ3v) is 6.54. The van der Waals surface area contributed by atoms with Crippen molar-refractivity contribution in [2.75, 3.05) is 26.2 Å². The van der Waals surface area contributed by atoms with Gasteiger partial charge in [0.25, 0.3) is 0 Å². The Bertz CT molecular complexity index is 1110. The van der Waals surface area contributed by atoms with Crippen LogP contribution in [0.2, 0.25) is 0 Å². The first-order valence-corrected chi connectivity index (χ1v) is 12.0. The first kappa shape index (κ1) is 32.5. The molecule has 2 aromatic heterocycles. The number of aromatic nitrogens is 3. The number of hydrogen-bond acceptors (Lipinski definition) is 6. The van der Waals surface area contributed by atoms with Gasteiger partial charge in [-0.2, -0.15) is 26.3 Å². The standard InChI is InChI=1S/C20H27N5O.2C2HF3O2/c1-23-12-8-22-18(23)15-24-9-4-20(16-24)5-10-25(11-6-20)19(26)13-17-3-2-7-21-14-17;2*3-2(4,5)1(6)7/h2-3,7-8,12,14H,4-6,9-11,13,15-16H2,1H3;2*(H,6,7). The highest BCUT2D eigenvalue weighted by molar-refractivity contribution is 5.78. The molecule has 2 aromatic rings. The molecule has 2 aliphatic heterocycles. The zero-order valence-electron chi connectivity index (χ0n) is 21.5. The summed E-state index contributed by atoms with van der Waals surface area (Å²) in [5.74, 6) is -4.15. The topological polar surface area (TPSA) is 129 Å². The molecule has 2 aliphatic rings. The Balaban J connectivity index is 0.000000333. The van der Waals surface area contributed by atoms with Crippen LogP contribution in [0.5, 0.6) is 0 Å². The number of likely N-dealkylation sites (tertiary alicyclic amines) is 2. The summed E-state index contributed by atoms with van der Waals surface area (Å²) in [6.45, 7) is 4.96. The number of halogens is 6. The fourth-order valence-corrected chi connectivity index (χ4v) is 4.34. The molecule has 2 fully saturated rings. The molecule has 40 heavy (non-hydrogen) atoms. The van der Waals surface area contributed by atoms with Crippen LogP contribution in [0.1, 0.15) is 30.7 Å². The van der Waals surface area contributed by atoms with Crippen LogP contribution in [0.3, 0.4) is 0 Å². The first-order valence-electron chi connectivity index (χ1n) is 12.0. The quantitative estimate of drug-likeness (QED) is 0.528. The van der Waals surface area contributed by atoms with Gasteiger partial charge in [0.15, 0.2) is 0 Å². The number of rotatable bonds is 4. The molecule has 4 heterocycles. The van der Waals surface area contributed by atoms with Crippen LogP contribution in [-0.2, 0) is 34.4 Å². The Morgan fingerprint density at radius 1 is 0.950 bits per heavy atom. The lowest BCUT2D eigenvalue weighted by atomic mass is 9.77. The molecule has 0 atom stereocenters. The minimum atomic E-state index is -5.08. The molecular weight excluding hydrogens is 552 g/mol. The second-order valence-electron chi connectivity index (χ2n) is 9.44. The monoisotopic (exact) mass is 581 g/mol. The lowest BCUT2D eigenvalue weighted by Crippen LogP contribution is -2.44. The van der Waals surface area contributed by atoms with Gasteiger partial charge in [-0.05, 0) is 42.9 Å². The lowest BCUT2D eigenvalue weighted by Gasteiger charge is -2.39. The van der Waals surface area contributed by atoms with Crippen LogP contribution in [-0.4, -0.2) is 90.9 Å². The summed E-state index contributed by atoms with van der Waals surface area (Å²) in [6.07, 6.45) is 1.17. The van der Waals surface area contributed by atoms with Gasteiger partial charge in [0.05, 0.1) is 13.0 Å². The molecule has 0 unspecified atom stereocenters. The van der Waals surface area contributed by atoms with Crippen molar-refractivity contribution >= 4 is 17.8 Å². The van der Waals surface area contributed by atoms with Crippen LogP contribution in [0.25, 0.3) is 0 Å². The van der Waals surface area contributed by atoms with Crippen molar-refractivity contribution < 1.29 is 50.9 Å². The number of aliphatic carboxylic acids is 2. The van der Waals surface area contributed by atoms with Gasteiger partial charge in [-0.3, -0.25) is 14.7 Å². The van der Waals surface area contributed by atoms with Crippen LogP contribution in [0.15, 0.2) is 36.9 Å². The SMILES string of the molecule is Cn1ccnc1CN1CCC2(CCN(C(=O)Cc3cccnc3)CC2)C1.O=C(O)C(F)(F)F.O=C(O)C(F)(F)F. The van der Waals surface area contributed by atoms with Gasteiger partial charge in [-0.15, -0.1) is 0 Å². The van der Waals surface area contributed by atoms with Gasteiger partial charge in [-0.25, -0.2) is 14.6 Å². The van der Waals surface area contributed by atoms with Gasteiger partial charge < -0.3 is 19.7 Å². The molecule has 0 bridgehead atoms. The molecule has 222 valence electrons. The van der Waals surface area contributed by atoms with E-state index in [2.05, 4.69) is 26.5 Å². The summed E-state index contributed by atoms with van der Waals surface area (Å²) in [6, 6.07) is 3.87. The number of imidazole rings is 1. The van der Waals surface area contributed by atoms with E-state index in [0.717, 1.165) is 57.0 Å². The van der Waals surface area contributed by atoms with E-state index in [-0.39, 0.29) is 5.91 Å². The Morgan fingerprint density at radius 3 is 1.95 bits per heavy atom. The molecule has 16 heteroatoms. The number of hydrogen-bond donors (Lipinski definition) is 2. The number of carbonyl (C=O) groups is 3. The number of carboxylic acid groups (broad SMARTS) is 2. The van der Waals surface area contributed by atoms with Crippen LogP contribution in [0, 0.1) is 5.41 Å². The molecule has 10 nitrogen and oxygen atoms in total. The van der Waals surface area contributed by atoms with E-state index in [1.807, 2.05) is 29.4 Å². The summed E-state index contributed by atoms with van der Waals surface area (Å²) in [5.41, 5.74) is 1.39. The molecule has 0 aliphatic carbocycles. The Hall–Kier alpha value is -3.69. The highest BCUT2D eigenvalue weighted by atomic mass is 19.4. The smallest absolute Gasteiger partial charge is 0.475 e. The van der Waals surface area contributed by atoms with E-state index < -0.39 is 24.3 Å². The first-order chi connectivity index (χ1) is 18.5. The minimum absolute atomic E-state index is 0.232. The van der Waals surface area contributed by atoms with Crippen molar-refractivity contribution in [1.29, 1.82) is 0 Å². The summed E-state index contributed by atoms with van der Waals surface area (Å²) in [5, 5.41) is 14.2. The highest BCUT2D eigenvalue weighted by Gasteiger charge is 2.41. The van der Waals surface area contributed by atoms with Gasteiger partial charge >= 0.3 is 24.3 Å². The minimum Gasteiger partial charge on any atom is -0.475 e. The summed E-state index contributed by atoms with van der Waals surface area (Å²) < 4.78 is 65.6. The third-order valence-electron chi connectivity index (χ3n) is 6.54. The Kier molecular flexibility index (Phi) is 11.0. The fourth-order valence-electron chi connectivity index (χ4n) is 4.34. The largest absolute Gasteiger partial charge is 0.490 e. The van der Waals surface area contributed by atoms with Crippen molar-refractivity contribution in [2.45, 2.75) is 44.6 Å². The van der Waals surface area contributed by atoms with Crippen molar-refractivity contribution in [3.8, 4) is 0 Å². The molecule has 2 N–H and O–H groups in total. The predicted molar refractivity (Wildman–Crippen MR) is 127 cm³/mol. The fraction of sp³-hybridized carbons (Fsp3) is 0.542. The number of alkyl halides is 6. The van der Waals surface area contributed by atoms with E-state index in [4.69, 9.17) is 19.8 Å². The maximum atomic E-state index is 12.6. The Morgan fingerprint density at radius 2 is 1.50 bits per heavy atom. The third kappa shape index (κ3) is 10.1. The van der Waals surface area contributed by atoms with Crippen molar-refractivity contribution in [3.63, 3.8) is 0 Å². The number of aryl methyl sites for hydroxylation is 1. The van der Waals surface area contributed by atoms with E-state index in [0.29, 0.717) is 11.8 Å². The average Bonchev–Trinajstić information content (AvgIpc) is 3.45. The average molecular weight is 582 g/mol. The maximum absolute atomic E-state index is 12.6. The summed E-state index contributed by atoms with van der Waals surface area (Å²) >= 11 is 0. The van der Waals surface area contributed by atoms with E-state index in [1.54, 1.807) is 12.4 Å². The number of piperidine rings is 1. The van der Waals surface area contributed by atoms with Crippen LogP contribution in [0.4, 0.5) is 26.3 Å². The zero-order chi connectivity index (χ0) is 30.1. The van der Waals surface area contributed by atoms with Crippen LogP contribution < -0.4 is 0 Å². The molecule has 1 amide bonds. The lowest BCUT2D eigenvalue weighted by molar-refractivity contribution is -0.193. The summed E-state index contributed by atoms with van der Waals surface area (Å²) in [4.78, 5) is 43.5. The predicted octanol–water partition coefficient (Wildman–Crippen LogP) is 3.14. The van der Waals surface area contributed by atoms with Gasteiger partial charge in [-0.1, -0.05) is 6.07 Å². The van der Waals surface area contributed by atoms with E-state index in [1.165, 1.54) is 6.42 Å². The molecule has 0 aromatic carbocycles. The molecular formula is C24H29F6N5O5.